The molecule has 2 aromatic heterocycles. The number of aromatic amines is 1. The molecule has 0 radical (unpaired) electrons. The number of aromatic nitrogens is 4. The molecule has 8 heteroatoms. The van der Waals surface area contributed by atoms with Crippen LogP contribution >= 0.6 is 0 Å². The van der Waals surface area contributed by atoms with Crippen molar-refractivity contribution >= 4 is 15.8 Å². The molecule has 0 bridgehead atoms. The molecule has 114 valence electrons. The maximum absolute atomic E-state index is 12.6. The van der Waals surface area contributed by atoms with E-state index in [4.69, 9.17) is 0 Å². The highest BCUT2D eigenvalue weighted by Crippen LogP contribution is 2.32. The van der Waals surface area contributed by atoms with Gasteiger partial charge < -0.3 is 0 Å². The molecule has 0 saturated heterocycles. The van der Waals surface area contributed by atoms with Gasteiger partial charge in [-0.2, -0.15) is 10.2 Å². The van der Waals surface area contributed by atoms with Crippen molar-refractivity contribution in [1.29, 1.82) is 0 Å². The van der Waals surface area contributed by atoms with Crippen LogP contribution in [0.4, 0.5) is 5.82 Å². The fourth-order valence-electron chi connectivity index (χ4n) is 2.41. The third kappa shape index (κ3) is 2.67. The van der Waals surface area contributed by atoms with Crippen LogP contribution < -0.4 is 4.72 Å². The Morgan fingerprint density at radius 1 is 1.38 bits per heavy atom. The lowest BCUT2D eigenvalue weighted by Gasteiger charge is -2.11. The molecule has 0 atom stereocenters. The van der Waals surface area contributed by atoms with Gasteiger partial charge in [0.1, 0.15) is 10.7 Å². The van der Waals surface area contributed by atoms with Gasteiger partial charge >= 0.3 is 0 Å². The predicted molar refractivity (Wildman–Crippen MR) is 78.6 cm³/mol. The van der Waals surface area contributed by atoms with E-state index in [9.17, 15) is 8.42 Å². The zero-order chi connectivity index (χ0) is 15.2. The molecule has 3 rings (SSSR count). The minimum absolute atomic E-state index is 0.209. The second kappa shape index (κ2) is 4.87. The van der Waals surface area contributed by atoms with E-state index in [2.05, 4.69) is 20.0 Å². The van der Waals surface area contributed by atoms with E-state index in [1.807, 2.05) is 6.92 Å². The summed E-state index contributed by atoms with van der Waals surface area (Å²) in [5.74, 6) is 1.16. The fourth-order valence-corrected chi connectivity index (χ4v) is 3.92. The minimum atomic E-state index is -3.67. The van der Waals surface area contributed by atoms with Crippen LogP contribution in [-0.4, -0.2) is 28.4 Å². The van der Waals surface area contributed by atoms with Crippen LogP contribution in [0.15, 0.2) is 11.1 Å². The summed E-state index contributed by atoms with van der Waals surface area (Å²) in [4.78, 5) is 0.209. The first kappa shape index (κ1) is 14.1. The minimum Gasteiger partial charge on any atom is -0.281 e. The summed E-state index contributed by atoms with van der Waals surface area (Å²) in [6, 6.07) is 0. The lowest BCUT2D eigenvalue weighted by molar-refractivity contribution is 0.567. The molecular formula is C13H19N5O2S. The molecule has 1 aliphatic carbocycles. The van der Waals surface area contributed by atoms with Gasteiger partial charge in [-0.05, 0) is 39.5 Å². The average molecular weight is 309 g/mol. The Bertz CT molecular complexity index is 751. The molecule has 2 heterocycles. The van der Waals surface area contributed by atoms with Crippen molar-refractivity contribution in [3.8, 4) is 0 Å². The number of nitrogens with one attached hydrogen (secondary N) is 2. The van der Waals surface area contributed by atoms with E-state index in [0.29, 0.717) is 23.1 Å². The van der Waals surface area contributed by atoms with Gasteiger partial charge in [0.15, 0.2) is 0 Å². The maximum Gasteiger partial charge on any atom is 0.266 e. The van der Waals surface area contributed by atoms with Gasteiger partial charge in [-0.25, -0.2) is 13.1 Å². The van der Waals surface area contributed by atoms with Crippen LogP contribution in [0.25, 0.3) is 0 Å². The van der Waals surface area contributed by atoms with Crippen LogP contribution in [0.1, 0.15) is 29.8 Å². The summed E-state index contributed by atoms with van der Waals surface area (Å²) in [6.45, 7) is 5.98. The summed E-state index contributed by atoms with van der Waals surface area (Å²) in [6.07, 6.45) is 4.06. The molecule has 21 heavy (non-hydrogen) atoms. The van der Waals surface area contributed by atoms with Crippen molar-refractivity contribution in [2.75, 3.05) is 4.72 Å². The number of hydrogen-bond donors (Lipinski definition) is 2. The average Bonchev–Trinajstić information content (AvgIpc) is 3.07. The zero-order valence-electron chi connectivity index (χ0n) is 12.3. The van der Waals surface area contributed by atoms with Crippen LogP contribution in [0.2, 0.25) is 0 Å². The van der Waals surface area contributed by atoms with Crippen molar-refractivity contribution in [2.24, 2.45) is 5.92 Å². The third-order valence-corrected chi connectivity index (χ3v) is 5.31. The van der Waals surface area contributed by atoms with Crippen LogP contribution in [0.5, 0.6) is 0 Å². The van der Waals surface area contributed by atoms with Gasteiger partial charge in [0.2, 0.25) is 0 Å². The first-order valence-corrected chi connectivity index (χ1v) is 8.43. The molecule has 1 aliphatic rings. The summed E-state index contributed by atoms with van der Waals surface area (Å²) in [5.41, 5.74) is 1.81. The smallest absolute Gasteiger partial charge is 0.266 e. The maximum atomic E-state index is 12.6. The molecule has 1 saturated carbocycles. The van der Waals surface area contributed by atoms with Gasteiger partial charge in [0.25, 0.3) is 10.0 Å². The van der Waals surface area contributed by atoms with E-state index in [0.717, 1.165) is 12.1 Å². The quantitative estimate of drug-likeness (QED) is 0.880. The van der Waals surface area contributed by atoms with Crippen molar-refractivity contribution < 1.29 is 8.42 Å². The van der Waals surface area contributed by atoms with Crippen molar-refractivity contribution in [2.45, 2.75) is 45.1 Å². The SMILES string of the molecule is Cc1cnn(CC2CC2)c1NS(=O)(=O)c1c(C)n[nH]c1C. The Balaban J connectivity index is 1.94. The van der Waals surface area contributed by atoms with E-state index in [1.54, 1.807) is 24.7 Å². The monoisotopic (exact) mass is 309 g/mol. The Hall–Kier alpha value is -1.83. The number of hydrogen-bond acceptors (Lipinski definition) is 4. The van der Waals surface area contributed by atoms with Crippen molar-refractivity contribution in [3.63, 3.8) is 0 Å². The first-order valence-electron chi connectivity index (χ1n) is 6.95. The lowest BCUT2D eigenvalue weighted by Crippen LogP contribution is -2.18. The molecule has 2 aromatic rings. The van der Waals surface area contributed by atoms with Gasteiger partial charge in [-0.15, -0.1) is 0 Å². The highest BCUT2D eigenvalue weighted by Gasteiger charge is 2.27. The number of aryl methyl sites for hydroxylation is 3. The third-order valence-electron chi connectivity index (χ3n) is 3.71. The van der Waals surface area contributed by atoms with E-state index in [-0.39, 0.29) is 4.90 Å². The van der Waals surface area contributed by atoms with Gasteiger partial charge in [-0.3, -0.25) is 9.82 Å². The molecule has 0 amide bonds. The Labute approximate surface area is 123 Å². The van der Waals surface area contributed by atoms with Gasteiger partial charge in [-0.1, -0.05) is 0 Å². The topological polar surface area (TPSA) is 92.7 Å². The Kier molecular flexibility index (Phi) is 3.27. The molecule has 0 unspecified atom stereocenters. The van der Waals surface area contributed by atoms with E-state index in [1.165, 1.54) is 12.8 Å². The molecule has 1 fully saturated rings. The lowest BCUT2D eigenvalue weighted by atomic mass is 10.4. The van der Waals surface area contributed by atoms with Crippen LogP contribution in [-0.2, 0) is 16.6 Å². The normalized spacial score (nSPS) is 15.4. The van der Waals surface area contributed by atoms with Gasteiger partial charge in [0, 0.05) is 12.1 Å². The first-order chi connectivity index (χ1) is 9.88. The second-order valence-electron chi connectivity index (χ2n) is 5.67. The number of anilines is 1. The Morgan fingerprint density at radius 2 is 2.10 bits per heavy atom. The zero-order valence-corrected chi connectivity index (χ0v) is 13.2. The molecule has 0 aromatic carbocycles. The van der Waals surface area contributed by atoms with Crippen molar-refractivity contribution in [1.82, 2.24) is 20.0 Å². The highest BCUT2D eigenvalue weighted by molar-refractivity contribution is 7.92. The van der Waals surface area contributed by atoms with E-state index >= 15 is 0 Å². The summed E-state index contributed by atoms with van der Waals surface area (Å²) in [5, 5.41) is 10.9. The second-order valence-corrected chi connectivity index (χ2v) is 7.29. The van der Waals surface area contributed by atoms with Crippen molar-refractivity contribution in [3.05, 3.63) is 23.1 Å². The van der Waals surface area contributed by atoms with Gasteiger partial charge in [0.05, 0.1) is 17.6 Å². The van der Waals surface area contributed by atoms with Crippen LogP contribution in [0.3, 0.4) is 0 Å². The molecule has 2 N–H and O–H groups in total. The molecular weight excluding hydrogens is 290 g/mol. The largest absolute Gasteiger partial charge is 0.281 e. The molecule has 0 spiro atoms. The Morgan fingerprint density at radius 3 is 2.67 bits per heavy atom. The standard InChI is InChI=1S/C13H19N5O2S/c1-8-6-14-18(7-11-4-5-11)13(8)17-21(19,20)12-9(2)15-16-10(12)3/h6,11,17H,4-5,7H2,1-3H3,(H,15,16). The number of H-pyrrole nitrogens is 1. The number of rotatable bonds is 5. The number of nitrogens with zero attached hydrogens (tertiary/aromatic N) is 3. The fraction of sp³-hybridized carbons (Fsp3) is 0.538. The van der Waals surface area contributed by atoms with Crippen LogP contribution in [0, 0.1) is 26.7 Å². The summed E-state index contributed by atoms with van der Waals surface area (Å²) in [7, 11) is -3.67. The summed E-state index contributed by atoms with van der Waals surface area (Å²) >= 11 is 0. The summed E-state index contributed by atoms with van der Waals surface area (Å²) < 4.78 is 29.6. The predicted octanol–water partition coefficient (Wildman–Crippen LogP) is 1.74. The van der Waals surface area contributed by atoms with E-state index < -0.39 is 10.0 Å². The number of sulfonamides is 1. The highest BCUT2D eigenvalue weighted by atomic mass is 32.2. The molecule has 7 nitrogen and oxygen atoms in total. The molecule has 0 aliphatic heterocycles.